The maximum absolute atomic E-state index is 11.0. The SMILES string of the molecule is C[S@](=O)CCCN[C@H]1C[C@@H]2C[C@@H]1[C@@H]1CCC[C@@H]21. The highest BCUT2D eigenvalue weighted by Crippen LogP contribution is 2.58. The summed E-state index contributed by atoms with van der Waals surface area (Å²) in [5.74, 6) is 5.05. The first kappa shape index (κ1) is 12.2. The molecule has 1 N–H and O–H groups in total. The minimum Gasteiger partial charge on any atom is -0.314 e. The molecular formula is C14H25NOS. The van der Waals surface area contributed by atoms with Gasteiger partial charge in [0.25, 0.3) is 0 Å². The van der Waals surface area contributed by atoms with E-state index in [2.05, 4.69) is 5.32 Å². The van der Waals surface area contributed by atoms with Crippen LogP contribution in [0.2, 0.25) is 0 Å². The predicted octanol–water partition coefficient (Wildman–Crippen LogP) is 2.17. The van der Waals surface area contributed by atoms with E-state index < -0.39 is 10.8 Å². The van der Waals surface area contributed by atoms with Gasteiger partial charge in [0.05, 0.1) is 0 Å². The Morgan fingerprint density at radius 2 is 2.00 bits per heavy atom. The van der Waals surface area contributed by atoms with Crippen LogP contribution in [0.3, 0.4) is 0 Å². The van der Waals surface area contributed by atoms with Crippen molar-refractivity contribution >= 4 is 10.8 Å². The lowest BCUT2D eigenvalue weighted by Crippen LogP contribution is -2.39. The molecule has 3 aliphatic carbocycles. The maximum atomic E-state index is 11.0. The molecule has 0 unspecified atom stereocenters. The summed E-state index contributed by atoms with van der Waals surface area (Å²) in [6.45, 7) is 1.07. The molecule has 0 amide bonds. The fourth-order valence-electron chi connectivity index (χ4n) is 4.87. The lowest BCUT2D eigenvalue weighted by Gasteiger charge is -2.32. The third-order valence-corrected chi connectivity index (χ3v) is 6.31. The molecule has 2 nitrogen and oxygen atoms in total. The van der Waals surface area contributed by atoms with E-state index in [1.807, 2.05) is 0 Å². The molecule has 3 aliphatic rings. The summed E-state index contributed by atoms with van der Waals surface area (Å²) in [7, 11) is -0.615. The normalized spacial score (nSPS) is 45.1. The smallest absolute Gasteiger partial charge is 0.0244 e. The summed E-state index contributed by atoms with van der Waals surface area (Å²) in [5.41, 5.74) is 0. The molecule has 0 aromatic rings. The Kier molecular flexibility index (Phi) is 3.58. The fourth-order valence-corrected chi connectivity index (χ4v) is 5.42. The summed E-state index contributed by atoms with van der Waals surface area (Å²) >= 11 is 0. The molecule has 0 aliphatic heterocycles. The van der Waals surface area contributed by atoms with Gasteiger partial charge in [-0.1, -0.05) is 6.42 Å². The molecule has 98 valence electrons. The summed E-state index contributed by atoms with van der Waals surface area (Å²) in [4.78, 5) is 0. The number of rotatable bonds is 5. The average molecular weight is 255 g/mol. The van der Waals surface area contributed by atoms with Gasteiger partial charge in [0, 0.05) is 28.9 Å². The van der Waals surface area contributed by atoms with E-state index in [-0.39, 0.29) is 0 Å². The standard InChI is InChI=1S/C14H25NOS/c1-17(16)7-3-6-15-14-9-10-8-13(14)12-5-2-4-11(10)12/h10-15H,2-9H2,1H3/t10-,11-,12+,13+,14-,17-/m0/s1. The largest absolute Gasteiger partial charge is 0.314 e. The Bertz CT molecular complexity index is 307. The second-order valence-corrected chi connectivity index (χ2v) is 7.90. The molecule has 3 rings (SSSR count). The third-order valence-electron chi connectivity index (χ3n) is 5.44. The molecule has 0 aromatic heterocycles. The topological polar surface area (TPSA) is 29.1 Å². The molecule has 3 saturated carbocycles. The van der Waals surface area contributed by atoms with Crippen molar-refractivity contribution in [3.63, 3.8) is 0 Å². The van der Waals surface area contributed by atoms with Gasteiger partial charge in [-0.25, -0.2) is 0 Å². The van der Waals surface area contributed by atoms with Gasteiger partial charge < -0.3 is 5.32 Å². The van der Waals surface area contributed by atoms with Crippen LogP contribution in [-0.2, 0) is 10.8 Å². The number of hydrogen-bond acceptors (Lipinski definition) is 2. The molecule has 0 saturated heterocycles. The minimum atomic E-state index is -0.615. The van der Waals surface area contributed by atoms with Crippen molar-refractivity contribution in [1.29, 1.82) is 0 Å². The fraction of sp³-hybridized carbons (Fsp3) is 1.00. The molecule has 0 heterocycles. The van der Waals surface area contributed by atoms with Crippen LogP contribution < -0.4 is 5.32 Å². The van der Waals surface area contributed by atoms with E-state index >= 15 is 0 Å². The van der Waals surface area contributed by atoms with E-state index in [1.54, 1.807) is 6.26 Å². The molecule has 6 atom stereocenters. The Labute approximate surface area is 107 Å². The summed E-state index contributed by atoms with van der Waals surface area (Å²) in [6.07, 6.45) is 10.3. The average Bonchev–Trinajstić information content (AvgIpc) is 2.95. The molecule has 0 spiro atoms. The zero-order valence-corrected chi connectivity index (χ0v) is 11.7. The van der Waals surface area contributed by atoms with Crippen LogP contribution in [0.5, 0.6) is 0 Å². The number of nitrogens with one attached hydrogen (secondary N) is 1. The highest BCUT2D eigenvalue weighted by Gasteiger charge is 2.53. The van der Waals surface area contributed by atoms with Crippen molar-refractivity contribution in [2.75, 3.05) is 18.6 Å². The predicted molar refractivity (Wildman–Crippen MR) is 72.4 cm³/mol. The molecule has 17 heavy (non-hydrogen) atoms. The van der Waals surface area contributed by atoms with E-state index in [9.17, 15) is 4.21 Å². The van der Waals surface area contributed by atoms with Crippen molar-refractivity contribution in [3.05, 3.63) is 0 Å². The van der Waals surface area contributed by atoms with Crippen molar-refractivity contribution in [3.8, 4) is 0 Å². The first-order valence-electron chi connectivity index (χ1n) is 7.29. The lowest BCUT2D eigenvalue weighted by atomic mass is 9.79. The first-order chi connectivity index (χ1) is 8.25. The highest BCUT2D eigenvalue weighted by molar-refractivity contribution is 7.84. The Morgan fingerprint density at radius 1 is 1.18 bits per heavy atom. The Morgan fingerprint density at radius 3 is 2.82 bits per heavy atom. The Hall–Kier alpha value is 0.110. The second kappa shape index (κ2) is 5.00. The van der Waals surface area contributed by atoms with E-state index in [0.717, 1.165) is 48.4 Å². The van der Waals surface area contributed by atoms with Gasteiger partial charge in [0.15, 0.2) is 0 Å². The number of fused-ring (bicyclic) bond motifs is 5. The second-order valence-electron chi connectivity index (χ2n) is 6.35. The van der Waals surface area contributed by atoms with Crippen LogP contribution in [-0.4, -0.2) is 28.8 Å². The van der Waals surface area contributed by atoms with Gasteiger partial charge in [-0.15, -0.1) is 0 Å². The minimum absolute atomic E-state index is 0.615. The van der Waals surface area contributed by atoms with E-state index in [0.29, 0.717) is 0 Å². The zero-order chi connectivity index (χ0) is 11.8. The molecule has 2 bridgehead atoms. The van der Waals surface area contributed by atoms with Crippen molar-refractivity contribution in [1.82, 2.24) is 5.32 Å². The van der Waals surface area contributed by atoms with Crippen LogP contribution in [0.1, 0.15) is 38.5 Å². The monoisotopic (exact) mass is 255 g/mol. The van der Waals surface area contributed by atoms with E-state index in [4.69, 9.17) is 0 Å². The van der Waals surface area contributed by atoms with E-state index in [1.165, 1.54) is 32.1 Å². The van der Waals surface area contributed by atoms with Gasteiger partial charge in [-0.3, -0.25) is 4.21 Å². The molecule has 0 aromatic carbocycles. The van der Waals surface area contributed by atoms with Gasteiger partial charge in [0.2, 0.25) is 0 Å². The van der Waals surface area contributed by atoms with Crippen LogP contribution in [0.15, 0.2) is 0 Å². The van der Waals surface area contributed by atoms with Crippen molar-refractivity contribution < 1.29 is 4.21 Å². The van der Waals surface area contributed by atoms with Crippen LogP contribution in [0.4, 0.5) is 0 Å². The van der Waals surface area contributed by atoms with Crippen LogP contribution >= 0.6 is 0 Å². The molecule has 3 fully saturated rings. The van der Waals surface area contributed by atoms with Crippen molar-refractivity contribution in [2.45, 2.75) is 44.6 Å². The highest BCUT2D eigenvalue weighted by atomic mass is 32.2. The third kappa shape index (κ3) is 2.33. The maximum Gasteiger partial charge on any atom is 0.0244 e. The quantitative estimate of drug-likeness (QED) is 0.763. The molecule has 3 heteroatoms. The Balaban J connectivity index is 1.46. The lowest BCUT2D eigenvalue weighted by molar-refractivity contribution is 0.209. The summed E-state index contributed by atoms with van der Waals surface area (Å²) < 4.78 is 11.0. The molecule has 0 radical (unpaired) electrons. The van der Waals surface area contributed by atoms with Gasteiger partial charge in [0.1, 0.15) is 0 Å². The summed E-state index contributed by atoms with van der Waals surface area (Å²) in [6, 6.07) is 0.796. The first-order valence-corrected chi connectivity index (χ1v) is 9.02. The summed E-state index contributed by atoms with van der Waals surface area (Å²) in [5, 5.41) is 3.75. The van der Waals surface area contributed by atoms with Gasteiger partial charge >= 0.3 is 0 Å². The molecular weight excluding hydrogens is 230 g/mol. The zero-order valence-electron chi connectivity index (χ0n) is 10.9. The number of hydrogen-bond donors (Lipinski definition) is 1. The van der Waals surface area contributed by atoms with Crippen LogP contribution in [0, 0.1) is 23.7 Å². The van der Waals surface area contributed by atoms with Crippen LogP contribution in [0.25, 0.3) is 0 Å². The van der Waals surface area contributed by atoms with Crippen molar-refractivity contribution in [2.24, 2.45) is 23.7 Å². The van der Waals surface area contributed by atoms with Gasteiger partial charge in [-0.2, -0.15) is 0 Å². The van der Waals surface area contributed by atoms with Gasteiger partial charge in [-0.05, 0) is 62.3 Å².